The summed E-state index contributed by atoms with van der Waals surface area (Å²) >= 11 is 0. The van der Waals surface area contributed by atoms with Gasteiger partial charge in [0, 0.05) is 0 Å². The van der Waals surface area contributed by atoms with E-state index in [2.05, 4.69) is 0 Å². The second kappa shape index (κ2) is 6.51. The highest BCUT2D eigenvalue weighted by Crippen LogP contribution is 2.27. The first-order chi connectivity index (χ1) is 7.63. The predicted octanol–water partition coefficient (Wildman–Crippen LogP) is 2.52. The molecule has 92 valence electrons. The Kier molecular flexibility index (Phi) is 5.29. The van der Waals surface area contributed by atoms with Crippen molar-refractivity contribution in [3.05, 3.63) is 0 Å². The molecule has 0 amide bonds. The van der Waals surface area contributed by atoms with Crippen molar-refractivity contribution in [3.8, 4) is 0 Å². The van der Waals surface area contributed by atoms with Gasteiger partial charge in [0.2, 0.25) is 0 Å². The van der Waals surface area contributed by atoms with Gasteiger partial charge in [-0.25, -0.2) is 0 Å². The van der Waals surface area contributed by atoms with Crippen LogP contribution in [-0.4, -0.2) is 22.2 Å². The maximum Gasteiger partial charge on any atom is 0.307 e. The SMILES string of the molecule is O=C(O)C1CCCCCCCCC1C(=O)O. The molecule has 1 fully saturated rings. The number of hydrogen-bond acceptors (Lipinski definition) is 2. The van der Waals surface area contributed by atoms with Crippen molar-refractivity contribution < 1.29 is 19.8 Å². The molecule has 0 radical (unpaired) electrons. The van der Waals surface area contributed by atoms with Crippen molar-refractivity contribution >= 4 is 11.9 Å². The van der Waals surface area contributed by atoms with Gasteiger partial charge in [0.1, 0.15) is 0 Å². The molecule has 0 aliphatic heterocycles. The molecule has 4 nitrogen and oxygen atoms in total. The number of hydrogen-bond donors (Lipinski definition) is 2. The molecule has 0 spiro atoms. The molecule has 0 aromatic heterocycles. The Hall–Kier alpha value is -1.06. The average Bonchev–Trinajstić information content (AvgIpc) is 2.24. The quantitative estimate of drug-likeness (QED) is 0.761. The maximum absolute atomic E-state index is 11.1. The van der Waals surface area contributed by atoms with Crippen LogP contribution in [0.1, 0.15) is 51.4 Å². The van der Waals surface area contributed by atoms with Gasteiger partial charge in [-0.1, -0.05) is 38.5 Å². The first kappa shape index (κ1) is 13.0. The van der Waals surface area contributed by atoms with E-state index in [1.54, 1.807) is 0 Å². The second-order valence-corrected chi connectivity index (χ2v) is 4.59. The van der Waals surface area contributed by atoms with Crippen LogP contribution in [0.3, 0.4) is 0 Å². The molecule has 2 N–H and O–H groups in total. The molecular formula is C12H20O4. The molecule has 16 heavy (non-hydrogen) atoms. The third-order valence-electron chi connectivity index (χ3n) is 3.40. The van der Waals surface area contributed by atoms with E-state index in [4.69, 9.17) is 10.2 Å². The van der Waals surface area contributed by atoms with E-state index in [0.29, 0.717) is 12.8 Å². The summed E-state index contributed by atoms with van der Waals surface area (Å²) in [5.41, 5.74) is 0. The van der Waals surface area contributed by atoms with Crippen molar-refractivity contribution in [3.63, 3.8) is 0 Å². The molecule has 0 bridgehead atoms. The number of rotatable bonds is 2. The summed E-state index contributed by atoms with van der Waals surface area (Å²) in [5.74, 6) is -3.30. The summed E-state index contributed by atoms with van der Waals surface area (Å²) < 4.78 is 0. The zero-order valence-corrected chi connectivity index (χ0v) is 9.52. The predicted molar refractivity (Wildman–Crippen MR) is 59.2 cm³/mol. The van der Waals surface area contributed by atoms with Gasteiger partial charge < -0.3 is 10.2 Å². The fourth-order valence-electron chi connectivity index (χ4n) is 2.43. The van der Waals surface area contributed by atoms with E-state index >= 15 is 0 Å². The van der Waals surface area contributed by atoms with Crippen LogP contribution in [0, 0.1) is 11.8 Å². The van der Waals surface area contributed by atoms with Crippen LogP contribution in [0.2, 0.25) is 0 Å². The second-order valence-electron chi connectivity index (χ2n) is 4.59. The Labute approximate surface area is 95.7 Å². The molecule has 0 saturated heterocycles. The van der Waals surface area contributed by atoms with E-state index in [9.17, 15) is 9.59 Å². The highest BCUT2D eigenvalue weighted by Gasteiger charge is 2.32. The largest absolute Gasteiger partial charge is 0.481 e. The molecular weight excluding hydrogens is 208 g/mol. The van der Waals surface area contributed by atoms with Crippen LogP contribution in [0.15, 0.2) is 0 Å². The van der Waals surface area contributed by atoms with Crippen molar-refractivity contribution in [2.75, 3.05) is 0 Å². The van der Waals surface area contributed by atoms with Crippen molar-refractivity contribution in [1.82, 2.24) is 0 Å². The van der Waals surface area contributed by atoms with Crippen LogP contribution in [-0.2, 0) is 9.59 Å². The molecule has 2 atom stereocenters. The number of carboxylic acid groups (broad SMARTS) is 2. The first-order valence-corrected chi connectivity index (χ1v) is 6.08. The molecule has 0 aromatic carbocycles. The average molecular weight is 228 g/mol. The van der Waals surface area contributed by atoms with Crippen LogP contribution in [0.25, 0.3) is 0 Å². The molecule has 2 unspecified atom stereocenters. The van der Waals surface area contributed by atoms with Gasteiger partial charge in [-0.15, -0.1) is 0 Å². The highest BCUT2D eigenvalue weighted by molar-refractivity contribution is 5.79. The molecule has 0 heterocycles. The lowest BCUT2D eigenvalue weighted by atomic mass is 9.83. The van der Waals surface area contributed by atoms with Gasteiger partial charge in [0.15, 0.2) is 0 Å². The van der Waals surface area contributed by atoms with Crippen molar-refractivity contribution in [2.45, 2.75) is 51.4 Å². The minimum atomic E-state index is -0.951. The fourth-order valence-corrected chi connectivity index (χ4v) is 2.43. The van der Waals surface area contributed by atoms with Crippen LogP contribution in [0.4, 0.5) is 0 Å². The van der Waals surface area contributed by atoms with E-state index < -0.39 is 23.8 Å². The Balaban J connectivity index is 2.68. The fraction of sp³-hybridized carbons (Fsp3) is 0.833. The van der Waals surface area contributed by atoms with Crippen LogP contribution >= 0.6 is 0 Å². The number of aliphatic carboxylic acids is 2. The van der Waals surface area contributed by atoms with Crippen molar-refractivity contribution in [1.29, 1.82) is 0 Å². The molecule has 1 aliphatic rings. The molecule has 4 heteroatoms. The summed E-state index contributed by atoms with van der Waals surface area (Å²) in [6.45, 7) is 0. The summed E-state index contributed by atoms with van der Waals surface area (Å²) in [5, 5.41) is 18.1. The normalized spacial score (nSPS) is 28.2. The standard InChI is InChI=1S/C12H20O4/c13-11(14)9-7-5-3-1-2-4-6-8-10(9)12(15)16/h9-10H,1-8H2,(H,13,14)(H,15,16). The van der Waals surface area contributed by atoms with Gasteiger partial charge in [0.25, 0.3) is 0 Å². The lowest BCUT2D eigenvalue weighted by Crippen LogP contribution is -2.30. The van der Waals surface area contributed by atoms with E-state index in [1.165, 1.54) is 0 Å². The summed E-state index contributed by atoms with van der Waals surface area (Å²) in [4.78, 5) is 22.1. The van der Waals surface area contributed by atoms with E-state index in [1.807, 2.05) is 0 Å². The van der Waals surface area contributed by atoms with Gasteiger partial charge in [0.05, 0.1) is 11.8 Å². The Morgan fingerprint density at radius 2 is 1.00 bits per heavy atom. The van der Waals surface area contributed by atoms with Gasteiger partial charge in [-0.05, 0) is 12.8 Å². The number of carbonyl (C=O) groups is 2. The maximum atomic E-state index is 11.1. The van der Waals surface area contributed by atoms with Gasteiger partial charge in [-0.3, -0.25) is 9.59 Å². The van der Waals surface area contributed by atoms with Crippen molar-refractivity contribution in [2.24, 2.45) is 11.8 Å². The summed E-state index contributed by atoms with van der Waals surface area (Å²) in [7, 11) is 0. The molecule has 1 rings (SSSR count). The Bertz CT molecular complexity index is 223. The van der Waals surface area contributed by atoms with E-state index in [0.717, 1.165) is 38.5 Å². The molecule has 1 aliphatic carbocycles. The monoisotopic (exact) mass is 228 g/mol. The van der Waals surface area contributed by atoms with Gasteiger partial charge in [-0.2, -0.15) is 0 Å². The topological polar surface area (TPSA) is 74.6 Å². The molecule has 0 aromatic rings. The third kappa shape index (κ3) is 3.83. The Morgan fingerprint density at radius 3 is 1.31 bits per heavy atom. The summed E-state index contributed by atoms with van der Waals surface area (Å²) in [6.07, 6.45) is 7.01. The smallest absolute Gasteiger partial charge is 0.307 e. The zero-order valence-electron chi connectivity index (χ0n) is 9.52. The number of carboxylic acids is 2. The minimum absolute atomic E-state index is 0.506. The highest BCUT2D eigenvalue weighted by atomic mass is 16.4. The molecule has 1 saturated carbocycles. The van der Waals surface area contributed by atoms with Gasteiger partial charge >= 0.3 is 11.9 Å². The van der Waals surface area contributed by atoms with E-state index in [-0.39, 0.29) is 0 Å². The van der Waals surface area contributed by atoms with Crippen LogP contribution < -0.4 is 0 Å². The summed E-state index contributed by atoms with van der Waals surface area (Å²) in [6, 6.07) is 0. The van der Waals surface area contributed by atoms with Crippen LogP contribution in [0.5, 0.6) is 0 Å². The zero-order chi connectivity index (χ0) is 12.0. The lowest BCUT2D eigenvalue weighted by Gasteiger charge is -2.21. The minimum Gasteiger partial charge on any atom is -0.481 e. The third-order valence-corrected chi connectivity index (χ3v) is 3.40. The first-order valence-electron chi connectivity index (χ1n) is 6.08. The Morgan fingerprint density at radius 1 is 0.688 bits per heavy atom. The lowest BCUT2D eigenvalue weighted by molar-refractivity contribution is -0.154.